The molecule has 0 amide bonds. The first-order valence-corrected chi connectivity index (χ1v) is 7.33. The summed E-state index contributed by atoms with van der Waals surface area (Å²) in [7, 11) is 0. The predicted molar refractivity (Wildman–Crippen MR) is 76.9 cm³/mol. The molecule has 0 unspecified atom stereocenters. The second kappa shape index (κ2) is 6.90. The lowest BCUT2D eigenvalue weighted by atomic mass is 10.0. The summed E-state index contributed by atoms with van der Waals surface area (Å²) in [6.07, 6.45) is -2.76. The van der Waals surface area contributed by atoms with Gasteiger partial charge in [0.2, 0.25) is 6.43 Å². The topological polar surface area (TPSA) is 15.3 Å². The van der Waals surface area contributed by atoms with E-state index in [9.17, 15) is 13.2 Å². The van der Waals surface area contributed by atoms with Gasteiger partial charge < -0.3 is 5.32 Å². The lowest BCUT2D eigenvalue weighted by Crippen LogP contribution is -2.45. The van der Waals surface area contributed by atoms with Crippen molar-refractivity contribution in [3.8, 4) is 0 Å². The van der Waals surface area contributed by atoms with Crippen molar-refractivity contribution in [2.24, 2.45) is 0 Å². The molecule has 1 aromatic carbocycles. The van der Waals surface area contributed by atoms with Crippen molar-refractivity contribution in [2.45, 2.75) is 18.9 Å². The molecule has 19 heavy (non-hydrogen) atoms. The molecule has 0 aliphatic carbocycles. The largest absolute Gasteiger partial charge is 0.314 e. The summed E-state index contributed by atoms with van der Waals surface area (Å²) in [4.78, 5) is 1.94. The summed E-state index contributed by atoms with van der Waals surface area (Å²) in [5.41, 5.74) is 0.383. The molecule has 1 fully saturated rings. The molecule has 1 aromatic rings. The van der Waals surface area contributed by atoms with Crippen molar-refractivity contribution in [1.82, 2.24) is 10.2 Å². The van der Waals surface area contributed by atoms with Gasteiger partial charge in [-0.05, 0) is 40.8 Å². The van der Waals surface area contributed by atoms with E-state index in [1.807, 2.05) is 4.90 Å². The average molecular weight is 384 g/mol. The van der Waals surface area contributed by atoms with Crippen molar-refractivity contribution in [1.29, 1.82) is 0 Å². The molecule has 1 saturated heterocycles. The zero-order chi connectivity index (χ0) is 13.8. The Morgan fingerprint density at radius 2 is 1.95 bits per heavy atom. The molecular formula is C13H16F3IN2. The molecule has 106 valence electrons. The third-order valence-electron chi connectivity index (χ3n) is 3.31. The minimum absolute atomic E-state index is 0.322. The van der Waals surface area contributed by atoms with E-state index in [1.54, 1.807) is 12.1 Å². The van der Waals surface area contributed by atoms with E-state index in [4.69, 9.17) is 0 Å². The van der Waals surface area contributed by atoms with Crippen LogP contribution in [0.1, 0.15) is 18.0 Å². The number of benzene rings is 1. The first-order chi connectivity index (χ1) is 9.08. The molecule has 2 rings (SSSR count). The van der Waals surface area contributed by atoms with Crippen LogP contribution in [-0.2, 0) is 0 Å². The van der Waals surface area contributed by atoms with Gasteiger partial charge in [-0.2, -0.15) is 0 Å². The monoisotopic (exact) mass is 384 g/mol. The minimum atomic E-state index is -2.43. The SMILES string of the molecule is Fc1ccc(I)cc1[C@H](CC(F)F)N1CCNCC1. The van der Waals surface area contributed by atoms with Crippen LogP contribution in [0.25, 0.3) is 0 Å². The van der Waals surface area contributed by atoms with Gasteiger partial charge in [0.25, 0.3) is 0 Å². The Kier molecular flexibility index (Phi) is 5.47. The van der Waals surface area contributed by atoms with Crippen LogP contribution in [0.5, 0.6) is 0 Å². The van der Waals surface area contributed by atoms with Crippen LogP contribution in [0.2, 0.25) is 0 Å². The van der Waals surface area contributed by atoms with Crippen LogP contribution in [0.4, 0.5) is 13.2 Å². The highest BCUT2D eigenvalue weighted by Crippen LogP contribution is 2.30. The van der Waals surface area contributed by atoms with Gasteiger partial charge in [-0.3, -0.25) is 4.90 Å². The van der Waals surface area contributed by atoms with E-state index >= 15 is 0 Å². The molecule has 2 nitrogen and oxygen atoms in total. The fourth-order valence-electron chi connectivity index (χ4n) is 2.41. The number of halogens is 4. The summed E-state index contributed by atoms with van der Waals surface area (Å²) in [6, 6.07) is 4.14. The maximum Gasteiger partial charge on any atom is 0.240 e. The van der Waals surface area contributed by atoms with E-state index in [0.717, 1.165) is 16.7 Å². The van der Waals surface area contributed by atoms with Crippen LogP contribution in [-0.4, -0.2) is 37.5 Å². The molecule has 1 aliphatic rings. The molecule has 1 atom stereocenters. The van der Waals surface area contributed by atoms with E-state index in [2.05, 4.69) is 27.9 Å². The highest BCUT2D eigenvalue weighted by Gasteiger charge is 2.27. The minimum Gasteiger partial charge on any atom is -0.314 e. The van der Waals surface area contributed by atoms with Gasteiger partial charge in [-0.15, -0.1) is 0 Å². The van der Waals surface area contributed by atoms with Crippen molar-refractivity contribution in [3.05, 3.63) is 33.1 Å². The summed E-state index contributed by atoms with van der Waals surface area (Å²) < 4.78 is 40.4. The van der Waals surface area contributed by atoms with Crippen molar-refractivity contribution in [2.75, 3.05) is 26.2 Å². The first kappa shape index (κ1) is 15.1. The maximum absolute atomic E-state index is 13.9. The van der Waals surface area contributed by atoms with Gasteiger partial charge in [0.1, 0.15) is 5.82 Å². The molecule has 0 bridgehead atoms. The molecule has 1 aliphatic heterocycles. The summed E-state index contributed by atoms with van der Waals surface area (Å²) >= 11 is 2.07. The Bertz CT molecular complexity index is 422. The molecule has 1 N–H and O–H groups in total. The average Bonchev–Trinajstić information content (AvgIpc) is 2.40. The van der Waals surface area contributed by atoms with Gasteiger partial charge in [0.05, 0.1) is 0 Å². The van der Waals surface area contributed by atoms with E-state index in [-0.39, 0.29) is 6.42 Å². The molecular weight excluding hydrogens is 368 g/mol. The molecule has 0 radical (unpaired) electrons. The number of rotatable bonds is 4. The zero-order valence-corrected chi connectivity index (χ0v) is 12.5. The molecule has 0 saturated carbocycles. The molecule has 1 heterocycles. The Morgan fingerprint density at radius 3 is 2.58 bits per heavy atom. The summed E-state index contributed by atoms with van der Waals surface area (Å²) in [5.74, 6) is -0.399. The second-order valence-electron chi connectivity index (χ2n) is 4.59. The molecule has 0 spiro atoms. The molecule has 0 aromatic heterocycles. The van der Waals surface area contributed by atoms with Crippen LogP contribution < -0.4 is 5.32 Å². The highest BCUT2D eigenvalue weighted by atomic mass is 127. The summed E-state index contributed by atoms with van der Waals surface area (Å²) in [6.45, 7) is 2.85. The standard InChI is InChI=1S/C13H16F3IN2/c14-11-2-1-9(17)7-10(11)12(8-13(15)16)19-5-3-18-4-6-19/h1-2,7,12-13,18H,3-6,8H2/t12-/m0/s1. The van der Waals surface area contributed by atoms with Crippen LogP contribution in [0, 0.1) is 9.39 Å². The highest BCUT2D eigenvalue weighted by molar-refractivity contribution is 14.1. The quantitative estimate of drug-likeness (QED) is 0.804. The summed E-state index contributed by atoms with van der Waals surface area (Å²) in [5, 5.41) is 3.18. The normalized spacial score (nSPS) is 18.8. The third kappa shape index (κ3) is 4.06. The van der Waals surface area contributed by atoms with Crippen LogP contribution >= 0.6 is 22.6 Å². The Hall–Kier alpha value is -0.340. The van der Waals surface area contributed by atoms with Crippen LogP contribution in [0.3, 0.4) is 0 Å². The van der Waals surface area contributed by atoms with E-state index in [0.29, 0.717) is 18.7 Å². The number of alkyl halides is 2. The fourth-order valence-corrected chi connectivity index (χ4v) is 2.92. The number of hydrogen-bond acceptors (Lipinski definition) is 2. The van der Waals surface area contributed by atoms with Gasteiger partial charge >= 0.3 is 0 Å². The lowest BCUT2D eigenvalue weighted by Gasteiger charge is -2.35. The number of piperazine rings is 1. The Balaban J connectivity index is 2.27. The van der Waals surface area contributed by atoms with Gasteiger partial charge in [-0.1, -0.05) is 0 Å². The Labute approximate surface area is 124 Å². The van der Waals surface area contributed by atoms with Crippen LogP contribution in [0.15, 0.2) is 18.2 Å². The third-order valence-corrected chi connectivity index (χ3v) is 3.98. The van der Waals surface area contributed by atoms with E-state index < -0.39 is 18.3 Å². The number of nitrogens with zero attached hydrogens (tertiary/aromatic N) is 1. The maximum atomic E-state index is 13.9. The lowest BCUT2D eigenvalue weighted by molar-refractivity contribution is 0.0725. The first-order valence-electron chi connectivity index (χ1n) is 6.26. The smallest absolute Gasteiger partial charge is 0.240 e. The van der Waals surface area contributed by atoms with Crippen molar-refractivity contribution in [3.63, 3.8) is 0 Å². The Morgan fingerprint density at radius 1 is 1.26 bits per heavy atom. The number of nitrogens with one attached hydrogen (secondary N) is 1. The van der Waals surface area contributed by atoms with Gasteiger partial charge in [0, 0.05) is 47.8 Å². The fraction of sp³-hybridized carbons (Fsp3) is 0.538. The number of hydrogen-bond donors (Lipinski definition) is 1. The zero-order valence-electron chi connectivity index (χ0n) is 10.4. The van der Waals surface area contributed by atoms with E-state index in [1.165, 1.54) is 6.07 Å². The van der Waals surface area contributed by atoms with Gasteiger partial charge in [-0.25, -0.2) is 13.2 Å². The van der Waals surface area contributed by atoms with Gasteiger partial charge in [0.15, 0.2) is 0 Å². The van der Waals surface area contributed by atoms with Crippen molar-refractivity contribution >= 4 is 22.6 Å². The predicted octanol–water partition coefficient (Wildman–Crippen LogP) is 3.03. The second-order valence-corrected chi connectivity index (χ2v) is 5.84. The molecule has 6 heteroatoms. The van der Waals surface area contributed by atoms with Crippen molar-refractivity contribution < 1.29 is 13.2 Å².